The highest BCUT2D eigenvalue weighted by molar-refractivity contribution is 9.10. The highest BCUT2D eigenvalue weighted by atomic mass is 79.9. The molecular weight excluding hydrogens is 417 g/mol. The van der Waals surface area contributed by atoms with Crippen LogP contribution >= 0.6 is 39.1 Å². The summed E-state index contributed by atoms with van der Waals surface area (Å²) in [6.07, 6.45) is 2.85. The largest absolute Gasteiger partial charge is 0.452 e. The molecule has 0 aliphatic rings. The zero-order valence-corrected chi connectivity index (χ0v) is 15.4. The molecule has 4 nitrogen and oxygen atoms in total. The maximum absolute atomic E-state index is 11.8. The van der Waals surface area contributed by atoms with Crippen molar-refractivity contribution in [3.8, 4) is 0 Å². The van der Waals surface area contributed by atoms with Crippen molar-refractivity contribution >= 4 is 62.8 Å². The molecule has 0 bridgehead atoms. The van der Waals surface area contributed by atoms with Gasteiger partial charge in [-0.3, -0.25) is 4.79 Å². The third kappa shape index (κ3) is 6.00. The second kappa shape index (κ2) is 8.87. The Labute approximate surface area is 157 Å². The second-order valence-electron chi connectivity index (χ2n) is 4.67. The van der Waals surface area contributed by atoms with Gasteiger partial charge in [-0.15, -0.1) is 0 Å². The van der Waals surface area contributed by atoms with Gasteiger partial charge in [0.2, 0.25) is 0 Å². The van der Waals surface area contributed by atoms with Crippen molar-refractivity contribution in [1.82, 2.24) is 0 Å². The molecule has 0 spiro atoms. The Hall–Kier alpha value is -1.82. The SMILES string of the molecule is O=C(COC(=O)/C=C/c1cccc(Br)c1)Nc1cc(Cl)ccc1Cl. The van der Waals surface area contributed by atoms with E-state index in [-0.39, 0.29) is 0 Å². The highest BCUT2D eigenvalue weighted by Crippen LogP contribution is 2.25. The molecule has 2 aromatic rings. The summed E-state index contributed by atoms with van der Waals surface area (Å²) in [6.45, 7) is -0.426. The Bertz CT molecular complexity index is 793. The van der Waals surface area contributed by atoms with Crippen molar-refractivity contribution in [1.29, 1.82) is 0 Å². The quantitative estimate of drug-likeness (QED) is 0.541. The lowest BCUT2D eigenvalue weighted by Gasteiger charge is -2.07. The Kier molecular flexibility index (Phi) is 6.85. The molecule has 0 unspecified atom stereocenters. The molecule has 7 heteroatoms. The van der Waals surface area contributed by atoms with Crippen LogP contribution in [-0.2, 0) is 14.3 Å². The van der Waals surface area contributed by atoms with Gasteiger partial charge in [0.05, 0.1) is 10.7 Å². The number of amides is 1. The number of anilines is 1. The molecule has 1 N–H and O–H groups in total. The fourth-order valence-corrected chi connectivity index (χ4v) is 2.49. The standard InChI is InChI=1S/C17H12BrCl2NO3/c18-12-3-1-2-11(8-12)4-7-17(23)24-10-16(22)21-15-9-13(19)5-6-14(15)20/h1-9H,10H2,(H,21,22)/b7-4+. The van der Waals surface area contributed by atoms with E-state index in [0.717, 1.165) is 10.0 Å². The maximum Gasteiger partial charge on any atom is 0.331 e. The number of hydrogen-bond donors (Lipinski definition) is 1. The lowest BCUT2D eigenvalue weighted by atomic mass is 10.2. The number of rotatable bonds is 5. The normalized spacial score (nSPS) is 10.6. The van der Waals surface area contributed by atoms with Gasteiger partial charge in [0.15, 0.2) is 6.61 Å². The number of carbonyl (C=O) groups is 2. The fourth-order valence-electron chi connectivity index (χ4n) is 1.74. The predicted molar refractivity (Wildman–Crippen MR) is 99.2 cm³/mol. The molecule has 124 valence electrons. The van der Waals surface area contributed by atoms with Crippen LogP contribution in [0.3, 0.4) is 0 Å². The number of nitrogens with one attached hydrogen (secondary N) is 1. The Morgan fingerprint density at radius 3 is 2.71 bits per heavy atom. The topological polar surface area (TPSA) is 55.4 Å². The number of halogens is 3. The number of esters is 1. The molecule has 0 fully saturated rings. The van der Waals surface area contributed by atoms with Crippen molar-refractivity contribution in [3.05, 3.63) is 68.6 Å². The first-order chi connectivity index (χ1) is 11.4. The molecule has 1 amide bonds. The Balaban J connectivity index is 1.85. The summed E-state index contributed by atoms with van der Waals surface area (Å²) >= 11 is 15.1. The van der Waals surface area contributed by atoms with E-state index in [1.54, 1.807) is 18.2 Å². The van der Waals surface area contributed by atoms with E-state index in [4.69, 9.17) is 27.9 Å². The fraction of sp³-hybridized carbons (Fsp3) is 0.0588. The third-order valence-corrected chi connectivity index (χ3v) is 3.87. The molecule has 24 heavy (non-hydrogen) atoms. The first-order valence-electron chi connectivity index (χ1n) is 6.79. The van der Waals surface area contributed by atoms with Crippen LogP contribution in [0.2, 0.25) is 10.0 Å². The second-order valence-corrected chi connectivity index (χ2v) is 6.43. The van der Waals surface area contributed by atoms with Gasteiger partial charge in [-0.25, -0.2) is 4.79 Å². The summed E-state index contributed by atoms with van der Waals surface area (Å²) in [7, 11) is 0. The third-order valence-electron chi connectivity index (χ3n) is 2.81. The lowest BCUT2D eigenvalue weighted by molar-refractivity contribution is -0.142. The summed E-state index contributed by atoms with van der Waals surface area (Å²) in [6, 6.07) is 12.1. The molecule has 2 rings (SSSR count). The molecule has 0 radical (unpaired) electrons. The van der Waals surface area contributed by atoms with Crippen molar-refractivity contribution < 1.29 is 14.3 Å². The van der Waals surface area contributed by atoms with Crippen LogP contribution in [0.1, 0.15) is 5.56 Å². The minimum Gasteiger partial charge on any atom is -0.452 e. The Morgan fingerprint density at radius 1 is 1.17 bits per heavy atom. The first kappa shape index (κ1) is 18.5. The zero-order valence-electron chi connectivity index (χ0n) is 12.3. The van der Waals surface area contributed by atoms with E-state index in [0.29, 0.717) is 15.7 Å². The van der Waals surface area contributed by atoms with Crippen LogP contribution < -0.4 is 5.32 Å². The summed E-state index contributed by atoms with van der Waals surface area (Å²) < 4.78 is 5.77. The number of benzene rings is 2. The van der Waals surface area contributed by atoms with Gasteiger partial charge in [0, 0.05) is 15.6 Å². The molecule has 0 aliphatic carbocycles. The molecule has 2 aromatic carbocycles. The molecular formula is C17H12BrCl2NO3. The molecule has 0 saturated carbocycles. The van der Waals surface area contributed by atoms with E-state index in [2.05, 4.69) is 21.2 Å². The number of carbonyl (C=O) groups excluding carboxylic acids is 2. The minimum atomic E-state index is -0.623. The van der Waals surface area contributed by atoms with E-state index in [9.17, 15) is 9.59 Å². The molecule has 0 atom stereocenters. The van der Waals surface area contributed by atoms with Crippen molar-refractivity contribution in [2.75, 3.05) is 11.9 Å². The minimum absolute atomic E-state index is 0.341. The van der Waals surface area contributed by atoms with Crippen molar-refractivity contribution in [3.63, 3.8) is 0 Å². The number of hydrogen-bond acceptors (Lipinski definition) is 3. The van der Waals surface area contributed by atoms with Crippen LogP contribution in [0.4, 0.5) is 5.69 Å². The van der Waals surface area contributed by atoms with Crippen molar-refractivity contribution in [2.45, 2.75) is 0 Å². The van der Waals surface area contributed by atoms with E-state index in [1.807, 2.05) is 24.3 Å². The summed E-state index contributed by atoms with van der Waals surface area (Å²) in [5.74, 6) is -1.13. The zero-order chi connectivity index (χ0) is 17.5. The van der Waals surface area contributed by atoms with Crippen LogP contribution in [0, 0.1) is 0 Å². The maximum atomic E-state index is 11.8. The smallest absolute Gasteiger partial charge is 0.331 e. The summed E-state index contributed by atoms with van der Waals surface area (Å²) in [4.78, 5) is 23.4. The Morgan fingerprint density at radius 2 is 1.96 bits per heavy atom. The summed E-state index contributed by atoms with van der Waals surface area (Å²) in [5, 5.41) is 3.30. The van der Waals surface area contributed by atoms with Crippen LogP contribution in [-0.4, -0.2) is 18.5 Å². The first-order valence-corrected chi connectivity index (χ1v) is 8.34. The monoisotopic (exact) mass is 427 g/mol. The van der Waals surface area contributed by atoms with E-state index in [1.165, 1.54) is 12.1 Å². The predicted octanol–water partition coefficient (Wildman–Crippen LogP) is 4.95. The van der Waals surface area contributed by atoms with Gasteiger partial charge in [-0.1, -0.05) is 51.3 Å². The van der Waals surface area contributed by atoms with Gasteiger partial charge in [-0.05, 0) is 42.0 Å². The molecule has 0 saturated heterocycles. The summed E-state index contributed by atoms with van der Waals surface area (Å²) in [5.41, 5.74) is 1.19. The van der Waals surface area contributed by atoms with Crippen LogP contribution in [0.5, 0.6) is 0 Å². The van der Waals surface area contributed by atoms with E-state index >= 15 is 0 Å². The molecule has 0 aliphatic heterocycles. The van der Waals surface area contributed by atoms with Crippen molar-refractivity contribution in [2.24, 2.45) is 0 Å². The average molecular weight is 429 g/mol. The lowest BCUT2D eigenvalue weighted by Crippen LogP contribution is -2.20. The van der Waals surface area contributed by atoms with Gasteiger partial charge >= 0.3 is 5.97 Å². The van der Waals surface area contributed by atoms with Gasteiger partial charge < -0.3 is 10.1 Å². The van der Waals surface area contributed by atoms with Gasteiger partial charge in [0.1, 0.15) is 0 Å². The average Bonchev–Trinajstić information content (AvgIpc) is 2.54. The highest BCUT2D eigenvalue weighted by Gasteiger charge is 2.08. The van der Waals surface area contributed by atoms with E-state index < -0.39 is 18.5 Å². The van der Waals surface area contributed by atoms with Crippen LogP contribution in [0.25, 0.3) is 6.08 Å². The number of ether oxygens (including phenoxy) is 1. The van der Waals surface area contributed by atoms with Crippen LogP contribution in [0.15, 0.2) is 53.0 Å². The van der Waals surface area contributed by atoms with Gasteiger partial charge in [0.25, 0.3) is 5.91 Å². The molecule has 0 aromatic heterocycles. The van der Waals surface area contributed by atoms with Gasteiger partial charge in [-0.2, -0.15) is 0 Å². The molecule has 0 heterocycles.